The molecule has 0 bridgehead atoms. The third-order valence-corrected chi connectivity index (χ3v) is 3.05. The van der Waals surface area contributed by atoms with Gasteiger partial charge in [0.05, 0.1) is 17.3 Å². The number of tetrazole rings is 1. The molecule has 2 aromatic carbocycles. The third kappa shape index (κ3) is 3.83. The van der Waals surface area contributed by atoms with Gasteiger partial charge in [0.25, 0.3) is 0 Å². The van der Waals surface area contributed by atoms with Gasteiger partial charge in [0.2, 0.25) is 0 Å². The molecule has 23 heavy (non-hydrogen) atoms. The lowest BCUT2D eigenvalue weighted by Crippen LogP contribution is -2.09. The SMILES string of the molecule is N#Cc1ccc(OCCOc2ccc(-n3cnnn3)cc2)cc1. The van der Waals surface area contributed by atoms with E-state index >= 15 is 0 Å². The van der Waals surface area contributed by atoms with E-state index in [1.54, 1.807) is 28.9 Å². The first-order chi connectivity index (χ1) is 11.3. The number of rotatable bonds is 6. The van der Waals surface area contributed by atoms with Gasteiger partial charge in [-0.15, -0.1) is 5.10 Å². The average molecular weight is 307 g/mol. The van der Waals surface area contributed by atoms with Gasteiger partial charge in [0.15, 0.2) is 0 Å². The second-order valence-electron chi connectivity index (χ2n) is 4.58. The molecule has 7 nitrogen and oxygen atoms in total. The molecule has 0 atom stereocenters. The summed E-state index contributed by atoms with van der Waals surface area (Å²) < 4.78 is 12.7. The second kappa shape index (κ2) is 7.04. The Kier molecular flexibility index (Phi) is 4.45. The Labute approximate surface area is 132 Å². The van der Waals surface area contributed by atoms with Crippen molar-refractivity contribution in [3.8, 4) is 23.3 Å². The van der Waals surface area contributed by atoms with Crippen LogP contribution in [-0.2, 0) is 0 Å². The number of nitriles is 1. The highest BCUT2D eigenvalue weighted by Gasteiger charge is 2.00. The minimum Gasteiger partial charge on any atom is -0.490 e. The second-order valence-corrected chi connectivity index (χ2v) is 4.58. The number of aromatic nitrogens is 4. The predicted molar refractivity (Wildman–Crippen MR) is 81.3 cm³/mol. The first-order valence-electron chi connectivity index (χ1n) is 6.94. The number of nitrogens with zero attached hydrogens (tertiary/aromatic N) is 5. The summed E-state index contributed by atoms with van der Waals surface area (Å²) in [4.78, 5) is 0. The highest BCUT2D eigenvalue weighted by atomic mass is 16.5. The van der Waals surface area contributed by atoms with E-state index in [9.17, 15) is 0 Å². The molecular formula is C16H13N5O2. The van der Waals surface area contributed by atoms with Crippen LogP contribution in [-0.4, -0.2) is 33.4 Å². The summed E-state index contributed by atoms with van der Waals surface area (Å²) in [5.74, 6) is 1.45. The Morgan fingerprint density at radius 3 is 2.04 bits per heavy atom. The van der Waals surface area contributed by atoms with E-state index in [0.29, 0.717) is 24.5 Å². The van der Waals surface area contributed by atoms with Crippen LogP contribution in [0, 0.1) is 11.3 Å². The number of hydrogen-bond donors (Lipinski definition) is 0. The molecule has 7 heteroatoms. The van der Waals surface area contributed by atoms with Crippen LogP contribution < -0.4 is 9.47 Å². The minimum atomic E-state index is 0.417. The van der Waals surface area contributed by atoms with Crippen molar-refractivity contribution in [1.82, 2.24) is 20.2 Å². The molecule has 0 radical (unpaired) electrons. The van der Waals surface area contributed by atoms with Gasteiger partial charge in [-0.3, -0.25) is 0 Å². The molecule has 3 aromatic rings. The molecule has 0 saturated heterocycles. The summed E-state index contributed by atoms with van der Waals surface area (Å²) in [6.45, 7) is 0.838. The van der Waals surface area contributed by atoms with E-state index < -0.39 is 0 Å². The zero-order valence-electron chi connectivity index (χ0n) is 12.2. The van der Waals surface area contributed by atoms with Crippen molar-refractivity contribution in [3.63, 3.8) is 0 Å². The fourth-order valence-electron chi connectivity index (χ4n) is 1.92. The number of benzene rings is 2. The molecule has 0 N–H and O–H groups in total. The lowest BCUT2D eigenvalue weighted by molar-refractivity contribution is 0.217. The maximum absolute atomic E-state index is 8.73. The van der Waals surface area contributed by atoms with E-state index in [-0.39, 0.29) is 0 Å². The Morgan fingerprint density at radius 2 is 1.52 bits per heavy atom. The predicted octanol–water partition coefficient (Wildman–Crippen LogP) is 1.99. The van der Waals surface area contributed by atoms with Gasteiger partial charge in [-0.1, -0.05) is 0 Å². The molecule has 3 rings (SSSR count). The monoisotopic (exact) mass is 307 g/mol. The van der Waals surface area contributed by atoms with E-state index in [1.165, 1.54) is 6.33 Å². The molecule has 0 aliphatic carbocycles. The molecular weight excluding hydrogens is 294 g/mol. The number of ether oxygens (including phenoxy) is 2. The van der Waals surface area contributed by atoms with E-state index in [2.05, 4.69) is 21.6 Å². The summed E-state index contributed by atoms with van der Waals surface area (Å²) in [6.07, 6.45) is 1.53. The molecule has 0 spiro atoms. The quantitative estimate of drug-likeness (QED) is 0.647. The van der Waals surface area contributed by atoms with Crippen molar-refractivity contribution >= 4 is 0 Å². The average Bonchev–Trinajstić information content (AvgIpc) is 3.14. The molecule has 114 valence electrons. The topological polar surface area (TPSA) is 85.9 Å². The van der Waals surface area contributed by atoms with Gasteiger partial charge < -0.3 is 9.47 Å². The van der Waals surface area contributed by atoms with Crippen LogP contribution >= 0.6 is 0 Å². The van der Waals surface area contributed by atoms with Gasteiger partial charge in [-0.2, -0.15) is 5.26 Å². The van der Waals surface area contributed by atoms with Gasteiger partial charge in [-0.05, 0) is 59.0 Å². The van der Waals surface area contributed by atoms with Crippen LogP contribution in [0.1, 0.15) is 5.56 Å². The molecule has 0 amide bonds. The van der Waals surface area contributed by atoms with Crippen LogP contribution in [0.4, 0.5) is 0 Å². The normalized spacial score (nSPS) is 10.0. The fraction of sp³-hybridized carbons (Fsp3) is 0.125. The minimum absolute atomic E-state index is 0.417. The van der Waals surface area contributed by atoms with Crippen LogP contribution in [0.2, 0.25) is 0 Å². The first-order valence-corrected chi connectivity index (χ1v) is 6.94. The van der Waals surface area contributed by atoms with Crippen molar-refractivity contribution in [2.45, 2.75) is 0 Å². The molecule has 1 aromatic heterocycles. The molecule has 0 aliphatic heterocycles. The Morgan fingerprint density at radius 1 is 0.913 bits per heavy atom. The highest BCUT2D eigenvalue weighted by molar-refractivity contribution is 5.36. The summed E-state index contributed by atoms with van der Waals surface area (Å²) in [5.41, 5.74) is 1.47. The lowest BCUT2D eigenvalue weighted by Gasteiger charge is -2.09. The Balaban J connectivity index is 1.46. The van der Waals surface area contributed by atoms with E-state index in [0.717, 1.165) is 11.4 Å². The summed E-state index contributed by atoms with van der Waals surface area (Å²) in [6, 6.07) is 16.5. The van der Waals surface area contributed by atoms with Gasteiger partial charge in [0.1, 0.15) is 31.0 Å². The van der Waals surface area contributed by atoms with Gasteiger partial charge in [-0.25, -0.2) is 4.68 Å². The summed E-state index contributed by atoms with van der Waals surface area (Å²) in [7, 11) is 0. The molecule has 1 heterocycles. The van der Waals surface area contributed by atoms with E-state index in [4.69, 9.17) is 14.7 Å². The lowest BCUT2D eigenvalue weighted by atomic mass is 10.2. The van der Waals surface area contributed by atoms with Crippen molar-refractivity contribution in [3.05, 3.63) is 60.4 Å². The molecule has 0 fully saturated rings. The molecule has 0 aliphatic rings. The van der Waals surface area contributed by atoms with Crippen molar-refractivity contribution in [2.75, 3.05) is 13.2 Å². The van der Waals surface area contributed by atoms with Crippen LogP contribution in [0.3, 0.4) is 0 Å². The first kappa shape index (κ1) is 14.5. The Bertz CT molecular complexity index is 777. The van der Waals surface area contributed by atoms with Crippen LogP contribution in [0.15, 0.2) is 54.9 Å². The van der Waals surface area contributed by atoms with Crippen molar-refractivity contribution in [2.24, 2.45) is 0 Å². The van der Waals surface area contributed by atoms with Crippen molar-refractivity contribution in [1.29, 1.82) is 5.26 Å². The van der Waals surface area contributed by atoms with Gasteiger partial charge in [0, 0.05) is 0 Å². The highest BCUT2D eigenvalue weighted by Crippen LogP contribution is 2.15. The zero-order chi connectivity index (χ0) is 15.9. The maximum atomic E-state index is 8.73. The molecule has 0 unspecified atom stereocenters. The smallest absolute Gasteiger partial charge is 0.143 e. The maximum Gasteiger partial charge on any atom is 0.143 e. The molecule has 0 saturated carbocycles. The Hall–Kier alpha value is -3.40. The van der Waals surface area contributed by atoms with Crippen molar-refractivity contribution < 1.29 is 9.47 Å². The zero-order valence-corrected chi connectivity index (χ0v) is 12.2. The van der Waals surface area contributed by atoms with E-state index in [1.807, 2.05) is 24.3 Å². The van der Waals surface area contributed by atoms with Gasteiger partial charge >= 0.3 is 0 Å². The standard InChI is InChI=1S/C16H13N5O2/c17-11-13-1-5-15(6-2-13)22-9-10-23-16-7-3-14(4-8-16)21-12-18-19-20-21/h1-8,12H,9-10H2. The number of hydrogen-bond acceptors (Lipinski definition) is 6. The van der Waals surface area contributed by atoms with Crippen LogP contribution in [0.5, 0.6) is 11.5 Å². The summed E-state index contributed by atoms with van der Waals surface area (Å²) >= 11 is 0. The third-order valence-electron chi connectivity index (χ3n) is 3.05. The largest absolute Gasteiger partial charge is 0.490 e. The van der Waals surface area contributed by atoms with Crippen LogP contribution in [0.25, 0.3) is 5.69 Å². The summed E-state index contributed by atoms with van der Waals surface area (Å²) in [5, 5.41) is 19.7. The fourth-order valence-corrected chi connectivity index (χ4v) is 1.92.